The molecule has 6 heteroatoms. The van der Waals surface area contributed by atoms with Crippen LogP contribution in [0.2, 0.25) is 0 Å². The fourth-order valence-electron chi connectivity index (χ4n) is 2.60. The Morgan fingerprint density at radius 2 is 1.88 bits per heavy atom. The summed E-state index contributed by atoms with van der Waals surface area (Å²) < 4.78 is 18.7. The monoisotopic (exact) mass is 328 g/mol. The van der Waals surface area contributed by atoms with Gasteiger partial charge in [-0.3, -0.25) is 9.59 Å². The Labute approximate surface area is 139 Å². The summed E-state index contributed by atoms with van der Waals surface area (Å²) in [5.74, 6) is -1.04. The molecule has 0 radical (unpaired) electrons. The molecular weight excluding hydrogens is 311 g/mol. The van der Waals surface area contributed by atoms with E-state index in [-0.39, 0.29) is 0 Å². The van der Waals surface area contributed by atoms with Crippen LogP contribution in [-0.2, 0) is 9.59 Å². The summed E-state index contributed by atoms with van der Waals surface area (Å²) in [4.78, 5) is 26.7. The molecule has 2 aromatic carbocycles. The van der Waals surface area contributed by atoms with Crippen LogP contribution in [0.5, 0.6) is 5.75 Å². The number of aryl methyl sites for hydroxylation is 1. The van der Waals surface area contributed by atoms with E-state index in [9.17, 15) is 14.0 Å². The van der Waals surface area contributed by atoms with E-state index < -0.39 is 23.2 Å². The maximum Gasteiger partial charge on any atom is 0.280 e. The molecule has 1 N–H and O–H groups in total. The average molecular weight is 328 g/mol. The average Bonchev–Trinajstić information content (AvgIpc) is 2.56. The lowest BCUT2D eigenvalue weighted by Gasteiger charge is -2.38. The first-order chi connectivity index (χ1) is 11.3. The van der Waals surface area contributed by atoms with Crippen molar-refractivity contribution in [2.45, 2.75) is 19.4 Å². The first kappa shape index (κ1) is 16.0. The third-order valence-corrected chi connectivity index (χ3v) is 4.04. The largest absolute Gasteiger partial charge is 0.465 e. The van der Waals surface area contributed by atoms with Crippen LogP contribution in [0.15, 0.2) is 42.5 Å². The second-order valence-electron chi connectivity index (χ2n) is 5.93. The van der Waals surface area contributed by atoms with Crippen LogP contribution in [0.3, 0.4) is 0 Å². The first-order valence-corrected chi connectivity index (χ1v) is 7.46. The van der Waals surface area contributed by atoms with Gasteiger partial charge in [-0.1, -0.05) is 6.07 Å². The van der Waals surface area contributed by atoms with Crippen molar-refractivity contribution in [3.63, 3.8) is 0 Å². The smallest absolute Gasteiger partial charge is 0.280 e. The Hall–Kier alpha value is -2.89. The minimum Gasteiger partial charge on any atom is -0.465 e. The van der Waals surface area contributed by atoms with Crippen LogP contribution in [0.4, 0.5) is 15.8 Å². The molecule has 24 heavy (non-hydrogen) atoms. The highest BCUT2D eigenvalue weighted by molar-refractivity contribution is 6.19. The molecule has 0 aromatic heterocycles. The van der Waals surface area contributed by atoms with Gasteiger partial charge in [-0.05, 0) is 55.8 Å². The molecule has 1 heterocycles. The van der Waals surface area contributed by atoms with Gasteiger partial charge in [0.1, 0.15) is 11.6 Å². The van der Waals surface area contributed by atoms with Gasteiger partial charge in [0, 0.05) is 12.7 Å². The summed E-state index contributed by atoms with van der Waals surface area (Å²) in [6.07, 6.45) is 0. The number of nitrogens with zero attached hydrogens (tertiary/aromatic N) is 1. The summed E-state index contributed by atoms with van der Waals surface area (Å²) in [6.45, 7) is 3.33. The van der Waals surface area contributed by atoms with E-state index >= 15 is 0 Å². The SMILES string of the molecule is Cc1ccc2c(c1)N(C)C(=O)C(C)(C(=O)Nc1ccc(F)cc1)O2. The number of fused-ring (bicyclic) bond motifs is 1. The molecule has 0 bridgehead atoms. The fourth-order valence-corrected chi connectivity index (χ4v) is 2.60. The van der Waals surface area contributed by atoms with E-state index in [1.807, 2.05) is 19.1 Å². The van der Waals surface area contributed by atoms with E-state index in [2.05, 4.69) is 5.32 Å². The van der Waals surface area contributed by atoms with Gasteiger partial charge in [-0.25, -0.2) is 4.39 Å². The maximum absolute atomic E-state index is 13.0. The third kappa shape index (κ3) is 2.60. The topological polar surface area (TPSA) is 58.6 Å². The number of carbonyl (C=O) groups is 2. The Balaban J connectivity index is 1.91. The van der Waals surface area contributed by atoms with Gasteiger partial charge in [0.15, 0.2) is 0 Å². The highest BCUT2D eigenvalue weighted by Gasteiger charge is 2.49. The van der Waals surface area contributed by atoms with Gasteiger partial charge in [0.05, 0.1) is 5.69 Å². The van der Waals surface area contributed by atoms with Crippen LogP contribution < -0.4 is 15.0 Å². The molecule has 2 amide bonds. The summed E-state index contributed by atoms with van der Waals surface area (Å²) in [6, 6.07) is 10.7. The lowest BCUT2D eigenvalue weighted by atomic mass is 9.99. The fraction of sp³-hybridized carbons (Fsp3) is 0.222. The van der Waals surface area contributed by atoms with E-state index in [1.165, 1.54) is 36.1 Å². The molecule has 1 aliphatic rings. The Kier molecular flexibility index (Phi) is 3.75. The molecule has 0 fully saturated rings. The van der Waals surface area contributed by atoms with Gasteiger partial charge in [-0.2, -0.15) is 0 Å². The predicted molar refractivity (Wildman–Crippen MR) is 88.7 cm³/mol. The van der Waals surface area contributed by atoms with Gasteiger partial charge >= 0.3 is 0 Å². The number of amides is 2. The second-order valence-corrected chi connectivity index (χ2v) is 5.93. The molecule has 0 aliphatic carbocycles. The molecule has 124 valence electrons. The van der Waals surface area contributed by atoms with Crippen LogP contribution in [0, 0.1) is 12.7 Å². The Bertz CT molecular complexity index is 820. The maximum atomic E-state index is 13.0. The van der Waals surface area contributed by atoms with Gasteiger partial charge in [0.25, 0.3) is 17.4 Å². The van der Waals surface area contributed by atoms with Crippen molar-refractivity contribution in [3.05, 3.63) is 53.8 Å². The number of benzene rings is 2. The minimum atomic E-state index is -1.70. The Morgan fingerprint density at radius 1 is 1.21 bits per heavy atom. The van der Waals surface area contributed by atoms with Crippen LogP contribution >= 0.6 is 0 Å². The van der Waals surface area contributed by atoms with Crippen molar-refractivity contribution >= 4 is 23.2 Å². The summed E-state index contributed by atoms with van der Waals surface area (Å²) >= 11 is 0. The number of anilines is 2. The van der Waals surface area contributed by atoms with E-state index in [4.69, 9.17) is 4.74 Å². The van der Waals surface area contributed by atoms with Crippen molar-refractivity contribution in [3.8, 4) is 5.75 Å². The van der Waals surface area contributed by atoms with Crippen molar-refractivity contribution in [2.24, 2.45) is 0 Å². The quantitative estimate of drug-likeness (QED) is 0.863. The zero-order valence-corrected chi connectivity index (χ0v) is 13.6. The van der Waals surface area contributed by atoms with Gasteiger partial charge in [0.2, 0.25) is 0 Å². The normalized spacial score (nSPS) is 19.5. The number of nitrogens with one attached hydrogen (secondary N) is 1. The van der Waals surface area contributed by atoms with E-state index in [0.717, 1.165) is 5.56 Å². The highest BCUT2D eigenvalue weighted by atomic mass is 19.1. The van der Waals surface area contributed by atoms with Crippen molar-refractivity contribution in [1.82, 2.24) is 0 Å². The van der Waals surface area contributed by atoms with E-state index in [0.29, 0.717) is 17.1 Å². The summed E-state index contributed by atoms with van der Waals surface area (Å²) in [5, 5.41) is 2.59. The van der Waals surface area contributed by atoms with Gasteiger partial charge in [-0.15, -0.1) is 0 Å². The number of halogens is 1. The predicted octanol–water partition coefficient (Wildman–Crippen LogP) is 2.89. The lowest BCUT2D eigenvalue weighted by molar-refractivity contribution is -0.144. The molecule has 1 aliphatic heterocycles. The first-order valence-electron chi connectivity index (χ1n) is 7.46. The zero-order valence-electron chi connectivity index (χ0n) is 13.6. The third-order valence-electron chi connectivity index (χ3n) is 4.04. The van der Waals surface area contributed by atoms with Crippen molar-refractivity contribution in [2.75, 3.05) is 17.3 Å². The molecule has 1 atom stereocenters. The lowest BCUT2D eigenvalue weighted by Crippen LogP contribution is -2.59. The number of likely N-dealkylation sites (N-methyl/N-ethyl adjacent to an activating group) is 1. The van der Waals surface area contributed by atoms with Crippen LogP contribution in [-0.4, -0.2) is 24.5 Å². The van der Waals surface area contributed by atoms with Crippen molar-refractivity contribution in [1.29, 1.82) is 0 Å². The number of rotatable bonds is 2. The molecule has 3 rings (SSSR count). The number of hydrogen-bond donors (Lipinski definition) is 1. The molecule has 2 aromatic rings. The standard InChI is InChI=1S/C18H17FN2O3/c1-11-4-9-15-14(10-11)21(3)17(23)18(2,24-15)16(22)20-13-7-5-12(19)6-8-13/h4-10H,1-3H3,(H,20,22). The van der Waals surface area contributed by atoms with Crippen molar-refractivity contribution < 1.29 is 18.7 Å². The second kappa shape index (κ2) is 5.63. The van der Waals surface area contributed by atoms with Crippen LogP contribution in [0.1, 0.15) is 12.5 Å². The molecule has 0 spiro atoms. The Morgan fingerprint density at radius 3 is 2.54 bits per heavy atom. The highest BCUT2D eigenvalue weighted by Crippen LogP contribution is 2.38. The summed E-state index contributed by atoms with van der Waals surface area (Å²) in [5.41, 5.74) is 0.283. The molecular formula is C18H17FN2O3. The summed E-state index contributed by atoms with van der Waals surface area (Å²) in [7, 11) is 1.60. The van der Waals surface area contributed by atoms with E-state index in [1.54, 1.807) is 13.1 Å². The minimum absolute atomic E-state index is 0.386. The molecule has 0 saturated carbocycles. The number of ether oxygens (including phenoxy) is 1. The number of hydrogen-bond acceptors (Lipinski definition) is 3. The molecule has 5 nitrogen and oxygen atoms in total. The zero-order chi connectivity index (χ0) is 17.5. The van der Waals surface area contributed by atoms with Crippen LogP contribution in [0.25, 0.3) is 0 Å². The molecule has 0 saturated heterocycles. The number of carbonyl (C=O) groups excluding carboxylic acids is 2. The molecule has 1 unspecified atom stereocenters. The van der Waals surface area contributed by atoms with Gasteiger partial charge < -0.3 is 15.0 Å².